The predicted molar refractivity (Wildman–Crippen MR) is 103 cm³/mol. The number of likely N-dealkylation sites (tertiary alicyclic amines) is 1. The largest absolute Gasteiger partial charge is 0.496 e. The van der Waals surface area contributed by atoms with Gasteiger partial charge in [-0.2, -0.15) is 0 Å². The van der Waals surface area contributed by atoms with Crippen LogP contribution in [-0.2, 0) is 0 Å². The van der Waals surface area contributed by atoms with Crippen LogP contribution in [-0.4, -0.2) is 44.1 Å². The predicted octanol–water partition coefficient (Wildman–Crippen LogP) is 3.42. The molecule has 2 rings (SSSR count). The zero-order valence-corrected chi connectivity index (χ0v) is 16.2. The highest BCUT2D eigenvalue weighted by Crippen LogP contribution is 2.28. The van der Waals surface area contributed by atoms with Gasteiger partial charge in [0.05, 0.1) is 23.4 Å². The Morgan fingerprint density at radius 3 is 2.64 bits per heavy atom. The molecule has 0 aromatic heterocycles. The Hall–Kier alpha value is -1.46. The first-order valence-electron chi connectivity index (χ1n) is 9.04. The number of benzene rings is 1. The molecule has 5 nitrogen and oxygen atoms in total. The number of piperidine rings is 1. The van der Waals surface area contributed by atoms with Crippen molar-refractivity contribution >= 4 is 23.2 Å². The number of rotatable bonds is 7. The van der Waals surface area contributed by atoms with Gasteiger partial charge in [-0.15, -0.1) is 0 Å². The number of anilines is 1. The Balaban J connectivity index is 1.75. The zero-order chi connectivity index (χ0) is 18.4. The Kier molecular flexibility index (Phi) is 7.38. The molecule has 1 fully saturated rings. The molecule has 0 saturated carbocycles. The van der Waals surface area contributed by atoms with Gasteiger partial charge < -0.3 is 20.7 Å². The van der Waals surface area contributed by atoms with Crippen LogP contribution in [0.15, 0.2) is 12.1 Å². The molecule has 2 unspecified atom stereocenters. The molecule has 1 amide bonds. The molecule has 1 aromatic carbocycles. The van der Waals surface area contributed by atoms with Gasteiger partial charge in [0.15, 0.2) is 0 Å². The molecule has 0 radical (unpaired) electrons. The summed E-state index contributed by atoms with van der Waals surface area (Å²) >= 11 is 6.01. The quantitative estimate of drug-likeness (QED) is 0.572. The van der Waals surface area contributed by atoms with Gasteiger partial charge in [0.2, 0.25) is 0 Å². The van der Waals surface area contributed by atoms with Gasteiger partial charge in [0.25, 0.3) is 5.91 Å². The number of amides is 1. The molecule has 6 heteroatoms. The lowest BCUT2D eigenvalue weighted by molar-refractivity contribution is 0.0948. The molecule has 3 N–H and O–H groups in total. The first-order chi connectivity index (χ1) is 11.9. The highest BCUT2D eigenvalue weighted by Gasteiger charge is 2.21. The average molecular weight is 368 g/mol. The van der Waals surface area contributed by atoms with Crippen molar-refractivity contribution in [2.24, 2.45) is 11.8 Å². The molecule has 140 valence electrons. The van der Waals surface area contributed by atoms with Crippen LogP contribution in [0.1, 0.15) is 43.5 Å². The monoisotopic (exact) mass is 367 g/mol. The lowest BCUT2D eigenvalue weighted by Crippen LogP contribution is -2.39. The van der Waals surface area contributed by atoms with E-state index in [0.717, 1.165) is 31.2 Å². The summed E-state index contributed by atoms with van der Waals surface area (Å²) in [6.07, 6.45) is 3.37. The average Bonchev–Trinajstić information content (AvgIpc) is 2.55. The van der Waals surface area contributed by atoms with E-state index in [1.54, 1.807) is 12.1 Å². The number of nitrogens with one attached hydrogen (secondary N) is 1. The number of halogens is 1. The molecule has 0 aliphatic carbocycles. The van der Waals surface area contributed by atoms with Crippen LogP contribution in [0.2, 0.25) is 5.02 Å². The van der Waals surface area contributed by atoms with Crippen LogP contribution >= 0.6 is 11.6 Å². The number of methoxy groups -OCH3 is 1. The number of nitrogen functional groups attached to an aromatic ring is 1. The number of nitrogens with zero attached hydrogens (tertiary/aromatic N) is 1. The molecular weight excluding hydrogens is 338 g/mol. The van der Waals surface area contributed by atoms with Crippen LogP contribution in [0.25, 0.3) is 0 Å². The van der Waals surface area contributed by atoms with Crippen molar-refractivity contribution in [2.45, 2.75) is 33.1 Å². The van der Waals surface area contributed by atoms with Crippen LogP contribution in [0, 0.1) is 11.8 Å². The normalized spacial score (nSPS) is 21.1. The fourth-order valence-electron chi connectivity index (χ4n) is 3.65. The van der Waals surface area contributed by atoms with Crippen LogP contribution in [0.3, 0.4) is 0 Å². The second kappa shape index (κ2) is 9.30. The minimum atomic E-state index is -0.182. The Morgan fingerprint density at radius 1 is 1.32 bits per heavy atom. The number of carbonyl (C=O) groups excluding carboxylic acids is 1. The van der Waals surface area contributed by atoms with Crippen molar-refractivity contribution in [1.29, 1.82) is 0 Å². The number of carbonyl (C=O) groups is 1. The fourth-order valence-corrected chi connectivity index (χ4v) is 3.81. The van der Waals surface area contributed by atoms with Gasteiger partial charge in [-0.3, -0.25) is 4.79 Å². The van der Waals surface area contributed by atoms with Gasteiger partial charge >= 0.3 is 0 Å². The van der Waals surface area contributed by atoms with Crippen molar-refractivity contribution in [3.63, 3.8) is 0 Å². The van der Waals surface area contributed by atoms with E-state index in [1.165, 1.54) is 26.6 Å². The lowest BCUT2D eigenvalue weighted by Gasteiger charge is -2.34. The van der Waals surface area contributed by atoms with Gasteiger partial charge in [-0.05, 0) is 43.7 Å². The summed E-state index contributed by atoms with van der Waals surface area (Å²) in [5.41, 5.74) is 6.57. The summed E-state index contributed by atoms with van der Waals surface area (Å²) < 4.78 is 5.22. The molecule has 25 heavy (non-hydrogen) atoms. The summed E-state index contributed by atoms with van der Waals surface area (Å²) in [4.78, 5) is 14.9. The number of unbranched alkanes of at least 4 members (excludes halogenated alkanes) is 1. The third-order valence-electron chi connectivity index (χ3n) is 4.69. The van der Waals surface area contributed by atoms with Crippen molar-refractivity contribution in [3.8, 4) is 5.75 Å². The van der Waals surface area contributed by atoms with Gasteiger partial charge in [-0.1, -0.05) is 25.4 Å². The van der Waals surface area contributed by atoms with Gasteiger partial charge in [0.1, 0.15) is 5.75 Å². The van der Waals surface area contributed by atoms with E-state index in [4.69, 9.17) is 22.1 Å². The van der Waals surface area contributed by atoms with Gasteiger partial charge in [0, 0.05) is 25.7 Å². The second-order valence-electron chi connectivity index (χ2n) is 7.24. The lowest BCUT2D eigenvalue weighted by atomic mass is 9.92. The van der Waals surface area contributed by atoms with E-state index >= 15 is 0 Å². The maximum Gasteiger partial charge on any atom is 0.255 e. The van der Waals surface area contributed by atoms with Crippen LogP contribution in [0.4, 0.5) is 5.69 Å². The SMILES string of the molecule is COc1cc(N)c(Cl)cc1C(=O)NCCCCN1CC(C)CC(C)C1. The van der Waals surface area contributed by atoms with Crippen molar-refractivity contribution in [3.05, 3.63) is 22.7 Å². The maximum absolute atomic E-state index is 12.3. The molecule has 1 aromatic rings. The maximum atomic E-state index is 12.3. The first-order valence-corrected chi connectivity index (χ1v) is 9.42. The zero-order valence-electron chi connectivity index (χ0n) is 15.5. The number of hydrogen-bond donors (Lipinski definition) is 2. The summed E-state index contributed by atoms with van der Waals surface area (Å²) in [7, 11) is 1.51. The number of hydrogen-bond acceptors (Lipinski definition) is 4. The molecule has 0 bridgehead atoms. The Morgan fingerprint density at radius 2 is 2.00 bits per heavy atom. The van der Waals surface area contributed by atoms with Crippen molar-refractivity contribution in [1.82, 2.24) is 10.2 Å². The highest BCUT2D eigenvalue weighted by atomic mass is 35.5. The smallest absolute Gasteiger partial charge is 0.255 e. The number of ether oxygens (including phenoxy) is 1. The van der Waals surface area contributed by atoms with Crippen molar-refractivity contribution in [2.75, 3.05) is 39.0 Å². The van der Waals surface area contributed by atoms with E-state index in [9.17, 15) is 4.79 Å². The third kappa shape index (κ3) is 5.79. The highest BCUT2D eigenvalue weighted by molar-refractivity contribution is 6.33. The van der Waals surface area contributed by atoms with E-state index in [1.807, 2.05) is 0 Å². The minimum Gasteiger partial charge on any atom is -0.496 e. The third-order valence-corrected chi connectivity index (χ3v) is 5.02. The summed E-state index contributed by atoms with van der Waals surface area (Å²) in [5, 5.41) is 3.30. The summed E-state index contributed by atoms with van der Waals surface area (Å²) in [6, 6.07) is 3.14. The molecule has 1 aliphatic rings. The van der Waals surface area contributed by atoms with Crippen molar-refractivity contribution < 1.29 is 9.53 Å². The summed E-state index contributed by atoms with van der Waals surface area (Å²) in [5.74, 6) is 1.83. The topological polar surface area (TPSA) is 67.6 Å². The van der Waals surface area contributed by atoms with Crippen LogP contribution < -0.4 is 15.8 Å². The minimum absolute atomic E-state index is 0.182. The Bertz CT molecular complexity index is 584. The Labute approximate surface area is 155 Å². The number of nitrogens with two attached hydrogens (primary N) is 1. The molecule has 1 aliphatic heterocycles. The molecular formula is C19H30ClN3O2. The van der Waals surface area contributed by atoms with Crippen LogP contribution in [0.5, 0.6) is 5.75 Å². The van der Waals surface area contributed by atoms with E-state index < -0.39 is 0 Å². The summed E-state index contributed by atoms with van der Waals surface area (Å²) in [6.45, 7) is 8.78. The van der Waals surface area contributed by atoms with E-state index in [2.05, 4.69) is 24.1 Å². The molecule has 0 spiro atoms. The molecule has 2 atom stereocenters. The fraction of sp³-hybridized carbons (Fsp3) is 0.632. The van der Waals surface area contributed by atoms with E-state index in [-0.39, 0.29) is 5.91 Å². The molecule has 1 saturated heterocycles. The second-order valence-corrected chi connectivity index (χ2v) is 7.65. The first kappa shape index (κ1) is 19.9. The van der Waals surface area contributed by atoms with E-state index in [0.29, 0.717) is 28.6 Å². The molecule has 1 heterocycles. The standard InChI is InChI=1S/C19H30ClN3O2/c1-13-8-14(2)12-23(11-13)7-5-4-6-22-19(24)15-9-16(20)17(21)10-18(15)25-3/h9-10,13-14H,4-8,11-12,21H2,1-3H3,(H,22,24). The van der Waals surface area contributed by atoms with Gasteiger partial charge in [-0.25, -0.2) is 0 Å².